The molecule has 1 aliphatic rings. The third-order valence-electron chi connectivity index (χ3n) is 6.31. The first kappa shape index (κ1) is 26.8. The van der Waals surface area contributed by atoms with Gasteiger partial charge in [0, 0.05) is 36.6 Å². The van der Waals surface area contributed by atoms with E-state index in [4.69, 9.17) is 9.47 Å². The predicted octanol–water partition coefficient (Wildman–Crippen LogP) is 4.30. The lowest BCUT2D eigenvalue weighted by molar-refractivity contribution is -0.123. The number of carbonyl (C=O) groups is 2. The average molecular weight is 516 g/mol. The van der Waals surface area contributed by atoms with Crippen molar-refractivity contribution in [2.45, 2.75) is 38.8 Å². The summed E-state index contributed by atoms with van der Waals surface area (Å²) >= 11 is 0. The van der Waals surface area contributed by atoms with Crippen molar-refractivity contribution in [3.63, 3.8) is 0 Å². The number of hydrogen-bond acceptors (Lipinski definition) is 7. The number of rotatable bonds is 10. The number of nitrogens with one attached hydrogen (secondary N) is 2. The molecular formula is C29H33N5O4. The fraction of sp³-hybridized carbons (Fsp3) is 0.310. The van der Waals surface area contributed by atoms with Crippen molar-refractivity contribution in [2.75, 3.05) is 25.5 Å². The normalized spacial score (nSPS) is 15.7. The second-order valence-electron chi connectivity index (χ2n) is 9.13. The summed E-state index contributed by atoms with van der Waals surface area (Å²) in [6.45, 7) is 2.89. The molecule has 3 aromatic rings. The number of amides is 2. The van der Waals surface area contributed by atoms with Gasteiger partial charge in [-0.15, -0.1) is 0 Å². The number of methoxy groups -OCH3 is 1. The Morgan fingerprint density at radius 3 is 2.74 bits per heavy atom. The Labute approximate surface area is 222 Å². The van der Waals surface area contributed by atoms with Crippen LogP contribution in [0, 0.1) is 0 Å². The number of aromatic nitrogens is 1. The van der Waals surface area contributed by atoms with Crippen molar-refractivity contribution in [2.24, 2.45) is 5.10 Å². The minimum absolute atomic E-state index is 0.126. The molecule has 2 aromatic carbocycles. The molecular weight excluding hydrogens is 482 g/mol. The summed E-state index contributed by atoms with van der Waals surface area (Å²) in [5.74, 6) is 1.07. The molecule has 0 spiro atoms. The first-order valence-electron chi connectivity index (χ1n) is 12.6. The van der Waals surface area contributed by atoms with E-state index in [2.05, 4.69) is 31.8 Å². The number of hydrogen-bond donors (Lipinski definition) is 2. The van der Waals surface area contributed by atoms with Crippen LogP contribution in [0.25, 0.3) is 0 Å². The number of anilines is 1. The van der Waals surface area contributed by atoms with Crippen LogP contribution in [0.1, 0.15) is 48.9 Å². The highest BCUT2D eigenvalue weighted by Crippen LogP contribution is 2.30. The molecule has 1 atom stereocenters. The molecule has 2 heterocycles. The van der Waals surface area contributed by atoms with E-state index in [0.29, 0.717) is 17.2 Å². The molecule has 1 fully saturated rings. The van der Waals surface area contributed by atoms with E-state index in [1.54, 1.807) is 43.8 Å². The molecule has 38 heavy (non-hydrogen) atoms. The van der Waals surface area contributed by atoms with E-state index in [9.17, 15) is 9.59 Å². The Morgan fingerprint density at radius 2 is 2.00 bits per heavy atom. The molecule has 1 unspecified atom stereocenters. The van der Waals surface area contributed by atoms with Crippen LogP contribution in [0.15, 0.2) is 72.1 Å². The van der Waals surface area contributed by atoms with Crippen LogP contribution in [-0.4, -0.2) is 48.1 Å². The van der Waals surface area contributed by atoms with Gasteiger partial charge in [-0.1, -0.05) is 12.5 Å². The molecule has 198 valence electrons. The quantitative estimate of drug-likeness (QED) is 0.308. The maximum absolute atomic E-state index is 12.6. The Kier molecular flexibility index (Phi) is 9.42. The molecule has 1 aromatic heterocycles. The van der Waals surface area contributed by atoms with Crippen molar-refractivity contribution < 1.29 is 19.1 Å². The second-order valence-corrected chi connectivity index (χ2v) is 9.13. The molecule has 0 saturated carbocycles. The number of nitrogens with zero attached hydrogens (tertiary/aromatic N) is 3. The lowest BCUT2D eigenvalue weighted by atomic mass is 9.96. The van der Waals surface area contributed by atoms with Gasteiger partial charge in [0.1, 0.15) is 18.1 Å². The molecule has 2 amide bonds. The minimum Gasteiger partial charge on any atom is -0.496 e. The fourth-order valence-electron chi connectivity index (χ4n) is 4.52. The third-order valence-corrected chi connectivity index (χ3v) is 6.31. The maximum atomic E-state index is 12.6. The zero-order valence-corrected chi connectivity index (χ0v) is 21.7. The summed E-state index contributed by atoms with van der Waals surface area (Å²) < 4.78 is 11.4. The Morgan fingerprint density at radius 1 is 1.16 bits per heavy atom. The minimum atomic E-state index is -0.156. The summed E-state index contributed by atoms with van der Waals surface area (Å²) in [7, 11) is 1.61. The van der Waals surface area contributed by atoms with E-state index in [0.717, 1.165) is 42.5 Å². The number of likely N-dealkylation sites (tertiary alicyclic amines) is 1. The number of hydrazone groups is 1. The highest BCUT2D eigenvalue weighted by atomic mass is 16.5. The van der Waals surface area contributed by atoms with Gasteiger partial charge in [-0.3, -0.25) is 19.5 Å². The number of benzene rings is 2. The second kappa shape index (κ2) is 13.3. The van der Waals surface area contributed by atoms with Crippen LogP contribution in [-0.2, 0) is 16.2 Å². The van der Waals surface area contributed by atoms with Gasteiger partial charge in [-0.05, 0) is 79.0 Å². The zero-order valence-electron chi connectivity index (χ0n) is 21.7. The lowest BCUT2D eigenvalue weighted by Crippen LogP contribution is -2.40. The van der Waals surface area contributed by atoms with E-state index >= 15 is 0 Å². The summed E-state index contributed by atoms with van der Waals surface area (Å²) in [4.78, 5) is 30.3. The van der Waals surface area contributed by atoms with Gasteiger partial charge in [-0.25, -0.2) is 5.43 Å². The Hall–Kier alpha value is -4.24. The highest BCUT2D eigenvalue weighted by Gasteiger charge is 2.25. The molecule has 2 N–H and O–H groups in total. The summed E-state index contributed by atoms with van der Waals surface area (Å²) in [5, 5.41) is 6.90. The average Bonchev–Trinajstić information content (AvgIpc) is 2.93. The molecule has 1 saturated heterocycles. The largest absolute Gasteiger partial charge is 0.496 e. The SMILES string of the molecule is COc1ccc(C=NNC(=O)CN2CCCCC2c2cccnc2)cc1COc1ccc(NC(C)=O)cc1. The molecule has 9 nitrogen and oxygen atoms in total. The first-order chi connectivity index (χ1) is 18.5. The lowest BCUT2D eigenvalue weighted by Gasteiger charge is -2.35. The number of pyridine rings is 1. The van der Waals surface area contributed by atoms with Crippen molar-refractivity contribution in [1.82, 2.24) is 15.3 Å². The van der Waals surface area contributed by atoms with Crippen LogP contribution in [0.5, 0.6) is 11.5 Å². The van der Waals surface area contributed by atoms with Gasteiger partial charge >= 0.3 is 0 Å². The van der Waals surface area contributed by atoms with Gasteiger partial charge in [0.25, 0.3) is 5.91 Å². The monoisotopic (exact) mass is 515 g/mol. The maximum Gasteiger partial charge on any atom is 0.254 e. The molecule has 0 bridgehead atoms. The Balaban J connectivity index is 1.33. The van der Waals surface area contributed by atoms with Crippen molar-refractivity contribution >= 4 is 23.7 Å². The van der Waals surface area contributed by atoms with E-state index < -0.39 is 0 Å². The first-order valence-corrected chi connectivity index (χ1v) is 12.6. The summed E-state index contributed by atoms with van der Waals surface area (Å²) in [6.07, 6.45) is 8.48. The fourth-order valence-corrected chi connectivity index (χ4v) is 4.52. The van der Waals surface area contributed by atoms with Gasteiger partial charge in [0.15, 0.2) is 0 Å². The van der Waals surface area contributed by atoms with Crippen LogP contribution in [0.2, 0.25) is 0 Å². The number of ether oxygens (including phenoxy) is 2. The van der Waals surface area contributed by atoms with Crippen LogP contribution in [0.3, 0.4) is 0 Å². The summed E-state index contributed by atoms with van der Waals surface area (Å²) in [5.41, 5.74) is 6.14. The number of piperidine rings is 1. The topological polar surface area (TPSA) is 105 Å². The van der Waals surface area contributed by atoms with Gasteiger partial charge < -0.3 is 14.8 Å². The summed E-state index contributed by atoms with van der Waals surface area (Å²) in [6, 6.07) is 17.0. The third kappa shape index (κ3) is 7.63. The van der Waals surface area contributed by atoms with Gasteiger partial charge in [0.2, 0.25) is 5.91 Å². The molecule has 0 aliphatic carbocycles. The van der Waals surface area contributed by atoms with Gasteiger partial charge in [-0.2, -0.15) is 5.10 Å². The van der Waals surface area contributed by atoms with Crippen LogP contribution < -0.4 is 20.2 Å². The zero-order chi connectivity index (χ0) is 26.7. The van der Waals surface area contributed by atoms with Crippen molar-refractivity contribution in [1.29, 1.82) is 0 Å². The standard InChI is InChI=1S/C29H33N5O4/c1-21(35)32-25-9-11-26(12-10-25)38-20-24-16-22(8-13-28(24)37-2)17-31-33-29(36)19-34-15-4-3-7-27(34)23-6-5-14-30-18-23/h5-6,8-14,16-18,27H,3-4,7,15,19-20H2,1-2H3,(H,32,35)(H,33,36). The highest BCUT2D eigenvalue weighted by molar-refractivity contribution is 5.88. The van der Waals surface area contributed by atoms with Crippen LogP contribution in [0.4, 0.5) is 5.69 Å². The smallest absolute Gasteiger partial charge is 0.254 e. The molecule has 1 aliphatic heterocycles. The van der Waals surface area contributed by atoms with E-state index in [1.807, 2.05) is 30.5 Å². The molecule has 9 heteroatoms. The predicted molar refractivity (Wildman–Crippen MR) is 146 cm³/mol. The van der Waals surface area contributed by atoms with Gasteiger partial charge in [0.05, 0.1) is 19.9 Å². The van der Waals surface area contributed by atoms with Crippen molar-refractivity contribution in [3.05, 3.63) is 83.7 Å². The molecule has 4 rings (SSSR count). The number of carbonyl (C=O) groups excluding carboxylic acids is 2. The van der Waals surface area contributed by atoms with E-state index in [-0.39, 0.29) is 31.0 Å². The van der Waals surface area contributed by atoms with E-state index in [1.165, 1.54) is 6.92 Å². The van der Waals surface area contributed by atoms with Crippen LogP contribution >= 0.6 is 0 Å². The Bertz CT molecular complexity index is 1250. The molecule has 0 radical (unpaired) electrons. The van der Waals surface area contributed by atoms with Crippen molar-refractivity contribution in [3.8, 4) is 11.5 Å².